The SMILES string of the molecule is COC(=O)C(NC(=O)c1ccc([N+]#N)cc1)C(C)C.O=C([O-])C(F)(F)F. The summed E-state index contributed by atoms with van der Waals surface area (Å²) < 4.78 is 36.2. The van der Waals surface area contributed by atoms with E-state index >= 15 is 0 Å². The number of hydrogen-bond donors (Lipinski definition) is 1. The monoisotopic (exact) mass is 375 g/mol. The molecule has 1 aromatic carbocycles. The third-order valence-corrected chi connectivity index (χ3v) is 2.88. The molecule has 0 saturated heterocycles. The number of esters is 1. The van der Waals surface area contributed by atoms with Crippen molar-refractivity contribution in [3.05, 3.63) is 34.8 Å². The van der Waals surface area contributed by atoms with Crippen LogP contribution in [0.3, 0.4) is 0 Å². The number of aliphatic carboxylic acids is 1. The highest BCUT2D eigenvalue weighted by molar-refractivity contribution is 5.97. The Kier molecular flexibility index (Phi) is 8.76. The zero-order chi connectivity index (χ0) is 20.5. The summed E-state index contributed by atoms with van der Waals surface area (Å²) in [4.78, 5) is 35.3. The van der Waals surface area contributed by atoms with Gasteiger partial charge in [-0.15, -0.1) is 0 Å². The number of rotatable bonds is 4. The first kappa shape index (κ1) is 22.8. The van der Waals surface area contributed by atoms with Crippen molar-refractivity contribution in [1.82, 2.24) is 5.32 Å². The van der Waals surface area contributed by atoms with E-state index < -0.39 is 24.2 Å². The summed E-state index contributed by atoms with van der Waals surface area (Å²) in [7, 11) is 1.28. The van der Waals surface area contributed by atoms with Gasteiger partial charge >= 0.3 is 17.8 Å². The summed E-state index contributed by atoms with van der Waals surface area (Å²) in [5.74, 6) is -3.95. The van der Waals surface area contributed by atoms with E-state index in [9.17, 15) is 22.8 Å². The first-order valence-corrected chi connectivity index (χ1v) is 7.06. The molecule has 0 bridgehead atoms. The molecule has 142 valence electrons. The lowest BCUT2D eigenvalue weighted by molar-refractivity contribution is -0.344. The molecule has 1 rings (SSSR count). The Hall–Kier alpha value is -3.16. The molecule has 0 aliphatic heterocycles. The lowest BCUT2D eigenvalue weighted by atomic mass is 10.0. The fourth-order valence-corrected chi connectivity index (χ4v) is 1.53. The van der Waals surface area contributed by atoms with Crippen LogP contribution >= 0.6 is 0 Å². The van der Waals surface area contributed by atoms with Gasteiger partial charge in [-0.3, -0.25) is 4.79 Å². The molecule has 0 aliphatic rings. The van der Waals surface area contributed by atoms with Crippen molar-refractivity contribution in [3.8, 4) is 0 Å². The highest BCUT2D eigenvalue weighted by atomic mass is 19.4. The molecule has 0 aliphatic carbocycles. The van der Waals surface area contributed by atoms with Crippen LogP contribution in [0.4, 0.5) is 18.9 Å². The molecular formula is C15H16F3N3O5. The number of nitrogens with zero attached hydrogens (tertiary/aromatic N) is 2. The normalized spacial score (nSPS) is 11.5. The second-order valence-electron chi connectivity index (χ2n) is 5.15. The zero-order valence-corrected chi connectivity index (χ0v) is 14.0. The van der Waals surface area contributed by atoms with Crippen LogP contribution in [-0.2, 0) is 14.3 Å². The number of carboxylic acids is 1. The van der Waals surface area contributed by atoms with E-state index in [1.165, 1.54) is 31.4 Å². The highest BCUT2D eigenvalue weighted by Gasteiger charge is 2.29. The second kappa shape index (κ2) is 9.97. The third-order valence-electron chi connectivity index (χ3n) is 2.88. The number of carbonyl (C=O) groups is 3. The minimum atomic E-state index is -5.19. The molecule has 0 radical (unpaired) electrons. The molecule has 1 atom stereocenters. The Morgan fingerprint density at radius 1 is 1.19 bits per heavy atom. The molecule has 0 heterocycles. The van der Waals surface area contributed by atoms with E-state index in [4.69, 9.17) is 15.3 Å². The molecule has 26 heavy (non-hydrogen) atoms. The van der Waals surface area contributed by atoms with Crippen LogP contribution in [0, 0.1) is 11.3 Å². The summed E-state index contributed by atoms with van der Waals surface area (Å²) in [6, 6.07) is 5.33. The summed E-state index contributed by atoms with van der Waals surface area (Å²) in [5, 5.41) is 20.0. The van der Waals surface area contributed by atoms with Gasteiger partial charge in [0.05, 0.1) is 7.11 Å². The minimum Gasteiger partial charge on any atom is -0.542 e. The summed E-state index contributed by atoms with van der Waals surface area (Å²) in [6.45, 7) is 3.63. The molecule has 1 unspecified atom stereocenters. The molecule has 8 nitrogen and oxygen atoms in total. The average molecular weight is 375 g/mol. The van der Waals surface area contributed by atoms with Gasteiger partial charge in [-0.25, -0.2) is 4.79 Å². The quantitative estimate of drug-likeness (QED) is 0.627. The van der Waals surface area contributed by atoms with Crippen molar-refractivity contribution in [1.29, 1.82) is 5.39 Å². The molecule has 0 spiro atoms. The molecule has 0 fully saturated rings. The first-order chi connectivity index (χ1) is 11.9. The fourth-order valence-electron chi connectivity index (χ4n) is 1.53. The van der Waals surface area contributed by atoms with Crippen molar-refractivity contribution in [2.45, 2.75) is 26.1 Å². The van der Waals surface area contributed by atoms with Crippen LogP contribution in [-0.4, -0.2) is 37.2 Å². The van der Waals surface area contributed by atoms with Gasteiger partial charge in [0.25, 0.3) is 5.91 Å². The van der Waals surface area contributed by atoms with Crippen LogP contribution in [0.25, 0.3) is 4.98 Å². The average Bonchev–Trinajstić information content (AvgIpc) is 2.58. The maximum Gasteiger partial charge on any atom is 0.430 e. The van der Waals surface area contributed by atoms with E-state index in [0.29, 0.717) is 11.3 Å². The van der Waals surface area contributed by atoms with Crippen LogP contribution in [0.1, 0.15) is 24.2 Å². The van der Waals surface area contributed by atoms with Gasteiger partial charge in [-0.05, 0) is 18.1 Å². The molecule has 11 heteroatoms. The van der Waals surface area contributed by atoms with Crippen molar-refractivity contribution in [2.75, 3.05) is 7.11 Å². The second-order valence-corrected chi connectivity index (χ2v) is 5.15. The molecule has 1 amide bonds. The Balaban J connectivity index is 0.000000758. The Labute approximate surface area is 146 Å². The topological polar surface area (TPSA) is 124 Å². The number of carboxylic acid groups (broad SMARTS) is 1. The van der Waals surface area contributed by atoms with Crippen molar-refractivity contribution in [3.63, 3.8) is 0 Å². The van der Waals surface area contributed by atoms with Gasteiger partial charge in [-0.2, -0.15) is 13.2 Å². The van der Waals surface area contributed by atoms with Crippen molar-refractivity contribution >= 4 is 23.5 Å². The van der Waals surface area contributed by atoms with Gasteiger partial charge in [0, 0.05) is 17.7 Å². The van der Waals surface area contributed by atoms with Crippen LogP contribution in [0.5, 0.6) is 0 Å². The number of amides is 1. The van der Waals surface area contributed by atoms with E-state index in [2.05, 4.69) is 15.0 Å². The number of diazo groups is 1. The predicted octanol–water partition coefficient (Wildman–Crippen LogP) is 1.40. The van der Waals surface area contributed by atoms with E-state index in [-0.39, 0.29) is 11.8 Å². The van der Waals surface area contributed by atoms with Crippen molar-refractivity contribution in [2.24, 2.45) is 5.92 Å². The molecule has 0 aromatic heterocycles. The van der Waals surface area contributed by atoms with Crippen LogP contribution in [0.15, 0.2) is 24.3 Å². The molecule has 1 aromatic rings. The Morgan fingerprint density at radius 3 is 1.96 bits per heavy atom. The summed E-state index contributed by atoms with van der Waals surface area (Å²) in [6.07, 6.45) is -5.19. The molecule has 0 saturated carbocycles. The van der Waals surface area contributed by atoms with Crippen LogP contribution in [0.2, 0.25) is 0 Å². The highest BCUT2D eigenvalue weighted by Crippen LogP contribution is 2.13. The number of hydrogen-bond acceptors (Lipinski definition) is 6. The van der Waals surface area contributed by atoms with Gasteiger partial charge in [-0.1, -0.05) is 13.8 Å². The van der Waals surface area contributed by atoms with Gasteiger partial charge in [0.1, 0.15) is 12.0 Å². The lowest BCUT2D eigenvalue weighted by Gasteiger charge is -2.19. The summed E-state index contributed by atoms with van der Waals surface area (Å²) in [5.41, 5.74) is 0.729. The number of halogens is 3. The number of methoxy groups -OCH3 is 1. The minimum absolute atomic E-state index is 0.0804. The van der Waals surface area contributed by atoms with E-state index in [0.717, 1.165) is 0 Å². The van der Waals surface area contributed by atoms with Crippen LogP contribution < -0.4 is 10.4 Å². The molecular weight excluding hydrogens is 359 g/mol. The number of benzene rings is 1. The first-order valence-electron chi connectivity index (χ1n) is 7.06. The molecule has 1 N–H and O–H groups in total. The lowest BCUT2D eigenvalue weighted by Crippen LogP contribution is -2.45. The maximum absolute atomic E-state index is 12.0. The fraction of sp³-hybridized carbons (Fsp3) is 0.400. The largest absolute Gasteiger partial charge is 0.542 e. The Bertz CT molecular complexity index is 681. The number of alkyl halides is 3. The number of ether oxygens (including phenoxy) is 1. The van der Waals surface area contributed by atoms with Gasteiger partial charge in [0.2, 0.25) is 5.39 Å². The smallest absolute Gasteiger partial charge is 0.430 e. The summed E-state index contributed by atoms with van der Waals surface area (Å²) >= 11 is 0. The van der Waals surface area contributed by atoms with E-state index in [1.54, 1.807) is 0 Å². The maximum atomic E-state index is 12.0. The standard InChI is InChI=1S/C13H15N3O3.C2HF3O2/c1-8(2)11(13(18)19-3)15-12(17)9-4-6-10(16-14)7-5-9;3-2(4,5)1(6)7/h4-8,11H,1-3H3;(H,6,7). The van der Waals surface area contributed by atoms with Gasteiger partial charge in [0.15, 0.2) is 4.98 Å². The predicted molar refractivity (Wildman–Crippen MR) is 80.4 cm³/mol. The van der Waals surface area contributed by atoms with Gasteiger partial charge < -0.3 is 20.0 Å². The van der Waals surface area contributed by atoms with E-state index in [1.807, 2.05) is 13.8 Å². The Morgan fingerprint density at radius 2 is 1.65 bits per heavy atom. The zero-order valence-electron chi connectivity index (χ0n) is 14.0. The number of carbonyl (C=O) groups excluding carboxylic acids is 3. The number of nitrogens with one attached hydrogen (secondary N) is 1. The van der Waals surface area contributed by atoms with Crippen molar-refractivity contribution < 1.29 is 37.4 Å². The third kappa shape index (κ3) is 7.61.